The predicted molar refractivity (Wildman–Crippen MR) is 96.7 cm³/mol. The topological polar surface area (TPSA) is 124 Å². The Kier molecular flexibility index (Phi) is 6.60. The largest absolute Gasteiger partial charge is 0.478 e. The number of aromatic carboxylic acids is 1. The summed E-state index contributed by atoms with van der Waals surface area (Å²) in [4.78, 5) is 25.6. The van der Waals surface area contributed by atoms with Gasteiger partial charge in [-0.05, 0) is 31.9 Å². The van der Waals surface area contributed by atoms with Gasteiger partial charge in [0.15, 0.2) is 11.5 Å². The summed E-state index contributed by atoms with van der Waals surface area (Å²) < 4.78 is 10.6. The van der Waals surface area contributed by atoms with Gasteiger partial charge in [0.05, 0.1) is 16.8 Å². The minimum absolute atomic E-state index is 0.195. The molecule has 2 amide bonds. The van der Waals surface area contributed by atoms with Crippen molar-refractivity contribution in [3.8, 4) is 11.5 Å². The number of hydrogen-bond donors (Lipinski definition) is 3. The van der Waals surface area contributed by atoms with Gasteiger partial charge in [-0.3, -0.25) is 4.98 Å². The number of unbranched alkanes of at least 4 members (excludes halogenated alkanes) is 1. The second kappa shape index (κ2) is 8.89. The zero-order valence-electron chi connectivity index (χ0n) is 14.9. The quantitative estimate of drug-likeness (QED) is 0.752. The number of carbonyl (C=O) groups excluding carboxylic acids is 1. The smallest absolute Gasteiger partial charge is 0.337 e. The number of ether oxygens (including phenoxy) is 2. The number of primary amides is 1. The summed E-state index contributed by atoms with van der Waals surface area (Å²) in [5.41, 5.74) is 6.29. The molecule has 2 aromatic rings. The molecule has 0 unspecified atom stereocenters. The molecule has 1 aliphatic heterocycles. The summed E-state index contributed by atoms with van der Waals surface area (Å²) in [6, 6.07) is 4.79. The summed E-state index contributed by atoms with van der Waals surface area (Å²) in [7, 11) is 0. The van der Waals surface area contributed by atoms with Gasteiger partial charge in [-0.15, -0.1) is 0 Å². The standard InChI is InChI=1S/C15H15NO4.C3H8N2O/c1-2-3-4-11-10(15(17)18)5-9-6-13-14(20-8-19-13)7-12(9)16-11;1-2-5-3(4)6/h5-7H,2-4,8H2,1H3,(H,17,18);2H2,1H3,(H3,4,5,6). The molecule has 0 spiro atoms. The first-order chi connectivity index (χ1) is 12.5. The molecule has 0 bridgehead atoms. The van der Waals surface area contributed by atoms with Crippen LogP contribution in [0.15, 0.2) is 18.2 Å². The third-order valence-electron chi connectivity index (χ3n) is 3.74. The van der Waals surface area contributed by atoms with E-state index in [-0.39, 0.29) is 12.4 Å². The Labute approximate surface area is 151 Å². The van der Waals surface area contributed by atoms with E-state index in [9.17, 15) is 14.7 Å². The van der Waals surface area contributed by atoms with Gasteiger partial charge < -0.3 is 25.6 Å². The van der Waals surface area contributed by atoms with Gasteiger partial charge in [-0.25, -0.2) is 9.59 Å². The van der Waals surface area contributed by atoms with Gasteiger partial charge in [0.2, 0.25) is 6.79 Å². The van der Waals surface area contributed by atoms with Crippen LogP contribution in [0.5, 0.6) is 11.5 Å². The number of nitrogens with two attached hydrogens (primary N) is 1. The minimum Gasteiger partial charge on any atom is -0.478 e. The third kappa shape index (κ3) is 4.75. The van der Waals surface area contributed by atoms with Gasteiger partial charge in [0.1, 0.15) is 0 Å². The molecule has 1 aromatic carbocycles. The predicted octanol–water partition coefficient (Wildman–Crippen LogP) is 2.68. The van der Waals surface area contributed by atoms with Crippen molar-refractivity contribution in [3.05, 3.63) is 29.5 Å². The average molecular weight is 361 g/mol. The molecule has 1 aliphatic rings. The number of nitrogens with zero attached hydrogens (tertiary/aromatic N) is 1. The SMILES string of the molecule is CCCCc1nc2cc3c(cc2cc1C(=O)O)OCO3.CCNC(N)=O. The van der Waals surface area contributed by atoms with Crippen LogP contribution in [0.2, 0.25) is 0 Å². The van der Waals surface area contributed by atoms with E-state index >= 15 is 0 Å². The van der Waals surface area contributed by atoms with E-state index in [0.717, 1.165) is 23.7 Å². The van der Waals surface area contributed by atoms with E-state index in [0.29, 0.717) is 30.2 Å². The van der Waals surface area contributed by atoms with E-state index in [1.165, 1.54) is 0 Å². The Morgan fingerprint density at radius 2 is 1.92 bits per heavy atom. The molecule has 0 atom stereocenters. The first-order valence-corrected chi connectivity index (χ1v) is 8.46. The molecule has 0 fully saturated rings. The lowest BCUT2D eigenvalue weighted by molar-refractivity contribution is 0.0695. The lowest BCUT2D eigenvalue weighted by Crippen LogP contribution is -2.28. The maximum atomic E-state index is 11.4. The molecule has 4 N–H and O–H groups in total. The zero-order chi connectivity index (χ0) is 19.1. The molecule has 0 radical (unpaired) electrons. The number of carboxylic acids is 1. The summed E-state index contributed by atoms with van der Waals surface area (Å²) >= 11 is 0. The van der Waals surface area contributed by atoms with Crippen LogP contribution in [0, 0.1) is 0 Å². The van der Waals surface area contributed by atoms with Crippen LogP contribution in [-0.2, 0) is 6.42 Å². The van der Waals surface area contributed by atoms with Gasteiger partial charge >= 0.3 is 12.0 Å². The van der Waals surface area contributed by atoms with E-state index < -0.39 is 12.0 Å². The molecular weight excluding hydrogens is 338 g/mol. The molecule has 0 saturated heterocycles. The molecule has 140 valence electrons. The first-order valence-electron chi connectivity index (χ1n) is 8.46. The number of pyridine rings is 1. The van der Waals surface area contributed by atoms with Crippen LogP contribution in [0.4, 0.5) is 4.79 Å². The maximum absolute atomic E-state index is 11.4. The Bertz CT molecular complexity index is 807. The molecule has 26 heavy (non-hydrogen) atoms. The first kappa shape index (κ1) is 19.3. The molecule has 8 heteroatoms. The maximum Gasteiger partial charge on any atom is 0.337 e. The Morgan fingerprint density at radius 1 is 1.23 bits per heavy atom. The molecule has 8 nitrogen and oxygen atoms in total. The van der Waals surface area contributed by atoms with Crippen LogP contribution in [0.25, 0.3) is 10.9 Å². The summed E-state index contributed by atoms with van der Waals surface area (Å²) in [6.45, 7) is 4.68. The fourth-order valence-electron chi connectivity index (χ4n) is 2.50. The Balaban J connectivity index is 0.000000352. The third-order valence-corrected chi connectivity index (χ3v) is 3.74. The highest BCUT2D eigenvalue weighted by Crippen LogP contribution is 2.36. The van der Waals surface area contributed by atoms with Crippen LogP contribution in [-0.4, -0.2) is 35.4 Å². The number of benzene rings is 1. The molecular formula is C18H23N3O5. The lowest BCUT2D eigenvalue weighted by Gasteiger charge is -2.08. The zero-order valence-corrected chi connectivity index (χ0v) is 14.9. The number of aromatic nitrogens is 1. The van der Waals surface area contributed by atoms with Crippen molar-refractivity contribution in [1.82, 2.24) is 10.3 Å². The number of urea groups is 1. The Morgan fingerprint density at radius 3 is 2.46 bits per heavy atom. The van der Waals surface area contributed by atoms with E-state index in [2.05, 4.69) is 23.0 Å². The monoisotopic (exact) mass is 361 g/mol. The number of hydrogen-bond acceptors (Lipinski definition) is 5. The number of amides is 2. The number of fused-ring (bicyclic) bond motifs is 2. The van der Waals surface area contributed by atoms with Gasteiger partial charge in [-0.1, -0.05) is 13.3 Å². The molecule has 2 heterocycles. The van der Waals surface area contributed by atoms with Crippen molar-refractivity contribution >= 4 is 22.9 Å². The van der Waals surface area contributed by atoms with E-state index in [1.54, 1.807) is 18.2 Å². The minimum atomic E-state index is -0.942. The number of nitrogens with one attached hydrogen (secondary N) is 1. The Hall–Kier alpha value is -3.03. The van der Waals surface area contributed by atoms with Gasteiger partial charge in [0.25, 0.3) is 0 Å². The fourth-order valence-corrected chi connectivity index (χ4v) is 2.50. The molecule has 1 aromatic heterocycles. The van der Waals surface area contributed by atoms with Crippen LogP contribution < -0.4 is 20.5 Å². The van der Waals surface area contributed by atoms with Crippen LogP contribution in [0.1, 0.15) is 42.7 Å². The summed E-state index contributed by atoms with van der Waals surface area (Å²) in [6.07, 6.45) is 2.59. The number of aryl methyl sites for hydroxylation is 1. The summed E-state index contributed by atoms with van der Waals surface area (Å²) in [5, 5.41) is 12.4. The van der Waals surface area contributed by atoms with Crippen molar-refractivity contribution in [2.75, 3.05) is 13.3 Å². The molecule has 3 rings (SSSR count). The number of carbonyl (C=O) groups is 2. The highest BCUT2D eigenvalue weighted by molar-refractivity contribution is 5.95. The van der Waals surface area contributed by atoms with E-state index in [1.807, 2.05) is 6.92 Å². The van der Waals surface area contributed by atoms with E-state index in [4.69, 9.17) is 9.47 Å². The van der Waals surface area contributed by atoms with Crippen molar-refractivity contribution in [1.29, 1.82) is 0 Å². The van der Waals surface area contributed by atoms with Crippen molar-refractivity contribution in [2.45, 2.75) is 33.1 Å². The highest BCUT2D eigenvalue weighted by Gasteiger charge is 2.18. The highest BCUT2D eigenvalue weighted by atomic mass is 16.7. The number of rotatable bonds is 5. The van der Waals surface area contributed by atoms with Crippen LogP contribution >= 0.6 is 0 Å². The summed E-state index contributed by atoms with van der Waals surface area (Å²) in [5.74, 6) is 0.356. The van der Waals surface area contributed by atoms with Gasteiger partial charge in [-0.2, -0.15) is 0 Å². The van der Waals surface area contributed by atoms with Crippen LogP contribution in [0.3, 0.4) is 0 Å². The number of carboxylic acid groups (broad SMARTS) is 1. The second-order valence-electron chi connectivity index (χ2n) is 5.68. The average Bonchev–Trinajstić information content (AvgIpc) is 3.04. The van der Waals surface area contributed by atoms with Crippen molar-refractivity contribution in [2.24, 2.45) is 5.73 Å². The molecule has 0 aliphatic carbocycles. The molecule has 0 saturated carbocycles. The van der Waals surface area contributed by atoms with Gasteiger partial charge in [0, 0.05) is 18.0 Å². The normalized spacial score (nSPS) is 11.6. The second-order valence-corrected chi connectivity index (χ2v) is 5.68. The van der Waals surface area contributed by atoms with Crippen molar-refractivity contribution in [3.63, 3.8) is 0 Å². The fraction of sp³-hybridized carbons (Fsp3) is 0.389. The lowest BCUT2D eigenvalue weighted by atomic mass is 10.0. The van der Waals surface area contributed by atoms with Crippen molar-refractivity contribution < 1.29 is 24.2 Å².